The van der Waals surface area contributed by atoms with Gasteiger partial charge in [-0.1, -0.05) is 24.9 Å². The van der Waals surface area contributed by atoms with Crippen LogP contribution in [0.3, 0.4) is 0 Å². The molecule has 0 saturated heterocycles. The van der Waals surface area contributed by atoms with Gasteiger partial charge in [0, 0.05) is 5.56 Å². The molecule has 0 heterocycles. The molecule has 0 aliphatic rings. The molecule has 1 aromatic rings. The Labute approximate surface area is 140 Å². The topological polar surface area (TPSA) is 84.9 Å². The van der Waals surface area contributed by atoms with Crippen molar-refractivity contribution in [1.82, 2.24) is 5.32 Å². The number of ether oxygens (including phenoxy) is 2. The van der Waals surface area contributed by atoms with Crippen LogP contribution in [-0.4, -0.2) is 36.2 Å². The summed E-state index contributed by atoms with van der Waals surface area (Å²) in [6.07, 6.45) is 1.86. The van der Waals surface area contributed by atoms with Gasteiger partial charge in [-0.05, 0) is 32.4 Å². The molecule has 0 unspecified atom stereocenters. The third-order valence-electron chi connectivity index (χ3n) is 3.03. The molecule has 1 rings (SSSR count). The third-order valence-corrected chi connectivity index (χ3v) is 3.31. The van der Waals surface area contributed by atoms with Crippen molar-refractivity contribution in [2.24, 2.45) is 0 Å². The molecule has 0 aromatic heterocycles. The fourth-order valence-electron chi connectivity index (χ4n) is 1.76. The molecule has 1 amide bonds. The van der Waals surface area contributed by atoms with Crippen molar-refractivity contribution < 1.29 is 24.2 Å². The number of hydrogen-bond donors (Lipinski definition) is 2. The lowest BCUT2D eigenvalue weighted by Gasteiger charge is -2.16. The Morgan fingerprint density at radius 3 is 2.57 bits per heavy atom. The Kier molecular flexibility index (Phi) is 7.68. The quantitative estimate of drug-likeness (QED) is 0.673. The summed E-state index contributed by atoms with van der Waals surface area (Å²) in [6, 6.07) is 1.94. The molecular weight excluding hydrogens is 322 g/mol. The maximum atomic E-state index is 12.1. The predicted molar refractivity (Wildman–Crippen MR) is 87.6 cm³/mol. The summed E-state index contributed by atoms with van der Waals surface area (Å²) in [5.74, 6) is -0.897. The van der Waals surface area contributed by atoms with E-state index in [4.69, 9.17) is 26.2 Å². The lowest BCUT2D eigenvalue weighted by atomic mass is 10.1. The maximum Gasteiger partial charge on any atom is 0.325 e. The van der Waals surface area contributed by atoms with Crippen LogP contribution >= 0.6 is 11.6 Å². The molecule has 2 N–H and O–H groups in total. The molecule has 7 heteroatoms. The second-order valence-electron chi connectivity index (χ2n) is 4.95. The number of nitrogens with one attached hydrogen (secondary N) is 1. The monoisotopic (exact) mass is 343 g/mol. The van der Waals surface area contributed by atoms with Gasteiger partial charge in [-0.2, -0.15) is 0 Å². The Morgan fingerprint density at radius 2 is 2.00 bits per heavy atom. The molecule has 0 saturated carbocycles. The zero-order chi connectivity index (χ0) is 17.4. The first-order valence-corrected chi connectivity index (χ1v) is 7.91. The highest BCUT2D eigenvalue weighted by Gasteiger charge is 2.19. The van der Waals surface area contributed by atoms with Crippen LogP contribution in [0.15, 0.2) is 12.1 Å². The van der Waals surface area contributed by atoms with Gasteiger partial charge in [0.1, 0.15) is 6.04 Å². The minimum atomic E-state index is -1.12. The summed E-state index contributed by atoms with van der Waals surface area (Å²) in [4.78, 5) is 22.9. The molecule has 1 atom stereocenters. The van der Waals surface area contributed by atoms with E-state index in [2.05, 4.69) is 5.32 Å². The van der Waals surface area contributed by atoms with Gasteiger partial charge in [0.2, 0.25) is 0 Å². The number of halogens is 1. The number of hydrogen-bond acceptors (Lipinski definition) is 4. The average molecular weight is 344 g/mol. The van der Waals surface area contributed by atoms with Gasteiger partial charge in [-0.25, -0.2) is 0 Å². The molecule has 0 fully saturated rings. The molecule has 6 nitrogen and oxygen atoms in total. The Morgan fingerprint density at radius 1 is 1.30 bits per heavy atom. The fourth-order valence-corrected chi connectivity index (χ4v) is 2.03. The van der Waals surface area contributed by atoms with E-state index in [1.807, 2.05) is 13.8 Å². The van der Waals surface area contributed by atoms with Crippen LogP contribution < -0.4 is 14.8 Å². The van der Waals surface area contributed by atoms with E-state index < -0.39 is 17.9 Å². The number of amides is 1. The molecule has 0 bridgehead atoms. The Hall–Kier alpha value is -1.95. The van der Waals surface area contributed by atoms with Gasteiger partial charge >= 0.3 is 5.97 Å². The number of benzene rings is 1. The number of carboxylic acid groups (broad SMARTS) is 1. The fraction of sp³-hybridized carbons (Fsp3) is 0.500. The van der Waals surface area contributed by atoms with E-state index >= 15 is 0 Å². The van der Waals surface area contributed by atoms with Crippen molar-refractivity contribution in [3.63, 3.8) is 0 Å². The van der Waals surface area contributed by atoms with Crippen molar-refractivity contribution in [2.75, 3.05) is 13.2 Å². The summed E-state index contributed by atoms with van der Waals surface area (Å²) in [5.41, 5.74) is 0.217. The lowest BCUT2D eigenvalue weighted by molar-refractivity contribution is -0.138. The van der Waals surface area contributed by atoms with Crippen LogP contribution in [0.2, 0.25) is 5.02 Å². The smallest absolute Gasteiger partial charge is 0.325 e. The van der Waals surface area contributed by atoms with Crippen molar-refractivity contribution >= 4 is 23.5 Å². The van der Waals surface area contributed by atoms with Gasteiger partial charge < -0.3 is 19.9 Å². The Bertz CT molecular complexity index is 562. The van der Waals surface area contributed by atoms with E-state index in [0.29, 0.717) is 24.7 Å². The van der Waals surface area contributed by atoms with E-state index in [-0.39, 0.29) is 10.6 Å². The second kappa shape index (κ2) is 9.25. The minimum absolute atomic E-state index is 0.217. The largest absolute Gasteiger partial charge is 0.490 e. The van der Waals surface area contributed by atoms with Crippen molar-refractivity contribution in [2.45, 2.75) is 39.7 Å². The normalized spacial score (nSPS) is 11.7. The lowest BCUT2D eigenvalue weighted by Crippen LogP contribution is -2.38. The number of carboxylic acids is 1. The molecule has 1 aromatic carbocycles. The summed E-state index contributed by atoms with van der Waals surface area (Å²) >= 11 is 6.19. The summed E-state index contributed by atoms with van der Waals surface area (Å²) in [5, 5.41) is 11.5. The van der Waals surface area contributed by atoms with E-state index in [1.165, 1.54) is 19.1 Å². The minimum Gasteiger partial charge on any atom is -0.490 e. The Balaban J connectivity index is 3.02. The molecule has 0 spiro atoms. The van der Waals surface area contributed by atoms with Crippen LogP contribution in [0.5, 0.6) is 11.5 Å². The van der Waals surface area contributed by atoms with Gasteiger partial charge in [0.05, 0.1) is 18.2 Å². The molecule has 0 radical (unpaired) electrons. The second-order valence-corrected chi connectivity index (χ2v) is 5.36. The van der Waals surface area contributed by atoms with Gasteiger partial charge in [0.25, 0.3) is 5.91 Å². The zero-order valence-corrected chi connectivity index (χ0v) is 14.3. The highest BCUT2D eigenvalue weighted by molar-refractivity contribution is 6.32. The van der Waals surface area contributed by atoms with E-state index in [0.717, 1.165) is 12.8 Å². The molecule has 128 valence electrons. The first kappa shape index (κ1) is 19.1. The molecule has 0 aliphatic carbocycles. The number of carbonyl (C=O) groups excluding carboxylic acids is 1. The van der Waals surface area contributed by atoms with Gasteiger partial charge in [-0.3, -0.25) is 9.59 Å². The van der Waals surface area contributed by atoms with Crippen LogP contribution in [-0.2, 0) is 4.79 Å². The van der Waals surface area contributed by atoms with Crippen LogP contribution in [0, 0.1) is 0 Å². The van der Waals surface area contributed by atoms with Gasteiger partial charge in [0.15, 0.2) is 11.5 Å². The van der Waals surface area contributed by atoms with Gasteiger partial charge in [-0.15, -0.1) is 0 Å². The van der Waals surface area contributed by atoms with Crippen molar-refractivity contribution in [3.05, 3.63) is 22.7 Å². The zero-order valence-electron chi connectivity index (χ0n) is 13.5. The number of aliphatic carboxylic acids is 1. The number of unbranched alkanes of at least 4 members (excludes halogenated alkanes) is 1. The van der Waals surface area contributed by atoms with Crippen LogP contribution in [0.1, 0.15) is 44.0 Å². The molecule has 23 heavy (non-hydrogen) atoms. The first-order chi connectivity index (χ1) is 10.9. The molecular formula is C16H22ClNO5. The summed E-state index contributed by atoms with van der Waals surface area (Å²) in [7, 11) is 0. The average Bonchev–Trinajstić information content (AvgIpc) is 2.49. The highest BCUT2D eigenvalue weighted by Crippen LogP contribution is 2.36. The summed E-state index contributed by atoms with van der Waals surface area (Å²) in [6.45, 7) is 6.12. The van der Waals surface area contributed by atoms with Crippen LogP contribution in [0.4, 0.5) is 0 Å². The third kappa shape index (κ3) is 5.63. The predicted octanol–water partition coefficient (Wildman–Crippen LogP) is 3.12. The van der Waals surface area contributed by atoms with Crippen LogP contribution in [0.25, 0.3) is 0 Å². The highest BCUT2D eigenvalue weighted by atomic mass is 35.5. The van der Waals surface area contributed by atoms with Crippen molar-refractivity contribution in [1.29, 1.82) is 0 Å². The van der Waals surface area contributed by atoms with Crippen molar-refractivity contribution in [3.8, 4) is 11.5 Å². The standard InChI is InChI=1S/C16H22ClNO5/c1-4-6-7-23-14-12(17)8-11(9-13(14)22-5-2)15(19)18-10(3)16(20)21/h8-10H,4-7H2,1-3H3,(H,18,19)(H,20,21)/t10-/m0/s1. The number of rotatable bonds is 9. The van der Waals surface area contributed by atoms with E-state index in [9.17, 15) is 9.59 Å². The first-order valence-electron chi connectivity index (χ1n) is 7.53. The number of carbonyl (C=O) groups is 2. The SMILES string of the molecule is CCCCOc1c(Cl)cc(C(=O)N[C@@H](C)C(=O)O)cc1OCC. The van der Waals surface area contributed by atoms with E-state index in [1.54, 1.807) is 0 Å². The maximum absolute atomic E-state index is 12.1. The molecule has 0 aliphatic heterocycles. The summed E-state index contributed by atoms with van der Waals surface area (Å²) < 4.78 is 11.1.